The summed E-state index contributed by atoms with van der Waals surface area (Å²) in [6.07, 6.45) is 4.91. The van der Waals surface area contributed by atoms with Crippen LogP contribution in [0.1, 0.15) is 12.5 Å². The van der Waals surface area contributed by atoms with E-state index in [9.17, 15) is 4.79 Å². The fourth-order valence-corrected chi connectivity index (χ4v) is 3.05. The second-order valence-corrected chi connectivity index (χ2v) is 7.13. The number of fused-ring (bicyclic) bond motifs is 1. The summed E-state index contributed by atoms with van der Waals surface area (Å²) < 4.78 is 5.96. The van der Waals surface area contributed by atoms with Crippen LogP contribution in [-0.2, 0) is 4.74 Å². The maximum absolute atomic E-state index is 11.9. The third kappa shape index (κ3) is 5.40. The number of amides is 2. The van der Waals surface area contributed by atoms with Crippen LogP contribution < -0.4 is 16.4 Å². The van der Waals surface area contributed by atoms with Crippen molar-refractivity contribution in [3.8, 4) is 11.1 Å². The van der Waals surface area contributed by atoms with Gasteiger partial charge in [-0.3, -0.25) is 10.3 Å². The van der Waals surface area contributed by atoms with E-state index in [0.717, 1.165) is 16.6 Å². The molecule has 0 atom stereocenters. The standard InChI is InChI=1S/C22H27N7O2/c1-5-25-22(30)28-21-26-19-10-16(15-7-6-8-24-12-15)9-18(20(19)27-21)14(2)31-17(11-23)13-29(3)4/h6-12H,2,5,13,23H2,1,3-4H3,(H3,25,26,27,28,30)/b17-11-. The number of carbonyl (C=O) groups is 1. The number of urea groups is 1. The van der Waals surface area contributed by atoms with E-state index in [0.29, 0.717) is 41.6 Å². The van der Waals surface area contributed by atoms with Crippen LogP contribution in [0.2, 0.25) is 0 Å². The van der Waals surface area contributed by atoms with Gasteiger partial charge in [0.2, 0.25) is 5.95 Å². The van der Waals surface area contributed by atoms with E-state index in [-0.39, 0.29) is 6.03 Å². The molecule has 3 rings (SSSR count). The van der Waals surface area contributed by atoms with Gasteiger partial charge in [0.05, 0.1) is 12.1 Å². The van der Waals surface area contributed by atoms with Gasteiger partial charge in [0.15, 0.2) is 0 Å². The minimum absolute atomic E-state index is 0.321. The number of nitrogens with two attached hydrogens (primary N) is 1. The molecule has 1 aromatic carbocycles. The van der Waals surface area contributed by atoms with E-state index < -0.39 is 0 Å². The molecule has 0 aliphatic heterocycles. The predicted octanol–water partition coefficient (Wildman–Crippen LogP) is 3.12. The highest BCUT2D eigenvalue weighted by atomic mass is 16.5. The van der Waals surface area contributed by atoms with E-state index in [1.807, 2.05) is 50.2 Å². The van der Waals surface area contributed by atoms with E-state index in [1.54, 1.807) is 12.4 Å². The van der Waals surface area contributed by atoms with Crippen LogP contribution in [0.3, 0.4) is 0 Å². The Morgan fingerprint density at radius 3 is 2.81 bits per heavy atom. The first-order chi connectivity index (χ1) is 14.9. The molecule has 0 unspecified atom stereocenters. The Balaban J connectivity index is 2.04. The largest absolute Gasteiger partial charge is 0.459 e. The number of rotatable bonds is 8. The monoisotopic (exact) mass is 421 g/mol. The van der Waals surface area contributed by atoms with Crippen LogP contribution in [0.25, 0.3) is 27.9 Å². The number of imidazole rings is 1. The molecular formula is C22H27N7O2. The molecule has 9 heteroatoms. The molecule has 0 saturated heterocycles. The van der Waals surface area contributed by atoms with Crippen LogP contribution >= 0.6 is 0 Å². The van der Waals surface area contributed by atoms with Crippen molar-refractivity contribution in [3.63, 3.8) is 0 Å². The molecule has 0 aliphatic carbocycles. The number of pyridine rings is 1. The van der Waals surface area contributed by atoms with Gasteiger partial charge < -0.3 is 25.7 Å². The van der Waals surface area contributed by atoms with Crippen LogP contribution in [0.5, 0.6) is 0 Å². The average Bonchev–Trinajstić information content (AvgIpc) is 3.14. The Bertz CT molecular complexity index is 1100. The number of hydrogen-bond donors (Lipinski definition) is 4. The normalized spacial score (nSPS) is 11.5. The molecule has 2 heterocycles. The van der Waals surface area contributed by atoms with E-state index >= 15 is 0 Å². The zero-order valence-corrected chi connectivity index (χ0v) is 17.9. The van der Waals surface area contributed by atoms with Gasteiger partial charge in [-0.05, 0) is 44.8 Å². The molecule has 0 fully saturated rings. The second-order valence-electron chi connectivity index (χ2n) is 7.13. The number of likely N-dealkylation sites (N-methyl/N-ethyl adjacent to an activating group) is 1. The minimum Gasteiger partial charge on any atom is -0.459 e. The van der Waals surface area contributed by atoms with Gasteiger partial charge in [0.1, 0.15) is 17.0 Å². The summed E-state index contributed by atoms with van der Waals surface area (Å²) in [6.45, 7) is 6.97. The third-order valence-electron chi connectivity index (χ3n) is 4.36. The molecule has 2 aromatic heterocycles. The molecule has 0 saturated carbocycles. The van der Waals surface area contributed by atoms with Gasteiger partial charge in [0.25, 0.3) is 0 Å². The van der Waals surface area contributed by atoms with E-state index in [1.165, 1.54) is 6.20 Å². The number of carbonyl (C=O) groups excluding carboxylic acids is 1. The predicted molar refractivity (Wildman–Crippen MR) is 123 cm³/mol. The summed E-state index contributed by atoms with van der Waals surface area (Å²) in [7, 11) is 3.84. The molecule has 3 aromatic rings. The molecule has 5 N–H and O–H groups in total. The van der Waals surface area contributed by atoms with E-state index in [4.69, 9.17) is 10.5 Å². The quantitative estimate of drug-likeness (QED) is 0.415. The summed E-state index contributed by atoms with van der Waals surface area (Å²) in [5, 5.41) is 5.38. The Kier molecular flexibility index (Phi) is 6.88. The van der Waals surface area contributed by atoms with Gasteiger partial charge in [-0.25, -0.2) is 9.78 Å². The fourth-order valence-electron chi connectivity index (χ4n) is 3.05. The summed E-state index contributed by atoms with van der Waals surface area (Å²) >= 11 is 0. The van der Waals surface area contributed by atoms with Crippen molar-refractivity contribution in [2.45, 2.75) is 6.92 Å². The molecule has 0 aliphatic rings. The lowest BCUT2D eigenvalue weighted by Crippen LogP contribution is -2.28. The number of hydrogen-bond acceptors (Lipinski definition) is 6. The number of aromatic nitrogens is 3. The summed E-state index contributed by atoms with van der Waals surface area (Å²) in [5.74, 6) is 1.28. The van der Waals surface area contributed by atoms with Crippen LogP contribution in [0, 0.1) is 0 Å². The smallest absolute Gasteiger partial charge is 0.321 e. The number of nitrogens with one attached hydrogen (secondary N) is 3. The lowest BCUT2D eigenvalue weighted by Gasteiger charge is -2.16. The highest BCUT2D eigenvalue weighted by Crippen LogP contribution is 2.32. The third-order valence-corrected chi connectivity index (χ3v) is 4.36. The van der Waals surface area contributed by atoms with Crippen molar-refractivity contribution < 1.29 is 9.53 Å². The second kappa shape index (κ2) is 9.77. The van der Waals surface area contributed by atoms with Crippen molar-refractivity contribution >= 4 is 28.8 Å². The number of H-pyrrole nitrogens is 1. The summed E-state index contributed by atoms with van der Waals surface area (Å²) in [5.41, 5.74) is 9.57. The number of nitrogens with zero attached hydrogens (tertiary/aromatic N) is 3. The molecule has 0 bridgehead atoms. The average molecular weight is 422 g/mol. The molecular weight excluding hydrogens is 394 g/mol. The zero-order valence-electron chi connectivity index (χ0n) is 17.9. The van der Waals surface area contributed by atoms with Gasteiger partial charge >= 0.3 is 6.03 Å². The van der Waals surface area contributed by atoms with Crippen LogP contribution in [-0.4, -0.2) is 53.1 Å². The van der Waals surface area contributed by atoms with Gasteiger partial charge in [-0.2, -0.15) is 0 Å². The molecule has 162 valence electrons. The van der Waals surface area contributed by atoms with Crippen LogP contribution in [0.4, 0.5) is 10.7 Å². The Hall–Kier alpha value is -3.85. The summed E-state index contributed by atoms with van der Waals surface area (Å²) in [4.78, 5) is 25.7. The lowest BCUT2D eigenvalue weighted by atomic mass is 10.0. The van der Waals surface area contributed by atoms with Crippen molar-refractivity contribution in [3.05, 3.63) is 60.8 Å². The number of aromatic amines is 1. The topological polar surface area (TPSA) is 121 Å². The van der Waals surface area contributed by atoms with Gasteiger partial charge in [-0.1, -0.05) is 12.6 Å². The highest BCUT2D eigenvalue weighted by molar-refractivity contribution is 5.95. The van der Waals surface area contributed by atoms with Crippen molar-refractivity contribution in [2.24, 2.45) is 5.73 Å². The van der Waals surface area contributed by atoms with Crippen molar-refractivity contribution in [2.75, 3.05) is 32.5 Å². The maximum atomic E-state index is 11.9. The van der Waals surface area contributed by atoms with Crippen LogP contribution in [0.15, 0.2) is 55.2 Å². The molecule has 2 amide bonds. The maximum Gasteiger partial charge on any atom is 0.321 e. The zero-order chi connectivity index (χ0) is 22.4. The van der Waals surface area contributed by atoms with Crippen molar-refractivity contribution in [1.82, 2.24) is 25.2 Å². The number of anilines is 1. The van der Waals surface area contributed by atoms with Crippen molar-refractivity contribution in [1.29, 1.82) is 0 Å². The summed E-state index contributed by atoms with van der Waals surface area (Å²) in [6, 6.07) is 7.36. The molecule has 0 spiro atoms. The fraction of sp³-hybridized carbons (Fsp3) is 0.227. The Morgan fingerprint density at radius 1 is 1.35 bits per heavy atom. The number of benzene rings is 1. The lowest BCUT2D eigenvalue weighted by molar-refractivity contribution is 0.252. The Morgan fingerprint density at radius 2 is 2.16 bits per heavy atom. The van der Waals surface area contributed by atoms with Gasteiger partial charge in [-0.15, -0.1) is 0 Å². The SMILES string of the molecule is C=C(O/C(=C\N)CN(C)C)c1cc(-c2cccnc2)cc2[nH]c(NC(=O)NCC)nc12. The van der Waals surface area contributed by atoms with E-state index in [2.05, 4.69) is 32.2 Å². The Labute approximate surface area is 181 Å². The minimum atomic E-state index is -0.343. The first kappa shape index (κ1) is 21.8. The first-order valence-electron chi connectivity index (χ1n) is 9.83. The first-order valence-corrected chi connectivity index (χ1v) is 9.83. The van der Waals surface area contributed by atoms with Gasteiger partial charge in [0, 0.05) is 36.3 Å². The number of ether oxygens (including phenoxy) is 1. The molecule has 31 heavy (non-hydrogen) atoms. The molecule has 0 radical (unpaired) electrons. The highest BCUT2D eigenvalue weighted by Gasteiger charge is 2.16. The molecule has 9 nitrogen and oxygen atoms in total.